The van der Waals surface area contributed by atoms with E-state index in [4.69, 9.17) is 0 Å². The normalized spacial score (nSPS) is 10.7. The van der Waals surface area contributed by atoms with Crippen LogP contribution in [0.5, 0.6) is 0 Å². The Kier molecular flexibility index (Phi) is 2.08. The molecule has 0 saturated heterocycles. The molecule has 2 rings (SSSR count). The largest absolute Gasteiger partial charge is 0.331 e. The molecular weight excluding hydrogens is 176 g/mol. The Morgan fingerprint density at radius 3 is 2.93 bits per heavy atom. The van der Waals surface area contributed by atoms with Crippen LogP contribution < -0.4 is 0 Å². The van der Waals surface area contributed by atoms with Crippen molar-refractivity contribution < 1.29 is 4.79 Å². The number of rotatable bonds is 2. The molecule has 0 aliphatic carbocycles. The molecule has 3 nitrogen and oxygen atoms in total. The van der Waals surface area contributed by atoms with Crippen LogP contribution in [-0.2, 0) is 6.54 Å². The van der Waals surface area contributed by atoms with E-state index in [9.17, 15) is 4.79 Å². The zero-order valence-corrected chi connectivity index (χ0v) is 8.32. The van der Waals surface area contributed by atoms with Crippen LogP contribution in [0.2, 0.25) is 0 Å². The third kappa shape index (κ3) is 1.31. The van der Waals surface area contributed by atoms with Crippen molar-refractivity contribution in [3.8, 4) is 0 Å². The van der Waals surface area contributed by atoms with Gasteiger partial charge in [-0.2, -0.15) is 0 Å². The van der Waals surface area contributed by atoms with Crippen molar-refractivity contribution in [2.24, 2.45) is 0 Å². The van der Waals surface area contributed by atoms with Gasteiger partial charge in [0.2, 0.25) is 0 Å². The number of aromatic nitrogens is 2. The highest BCUT2D eigenvalue weighted by atomic mass is 16.1. The summed E-state index contributed by atoms with van der Waals surface area (Å²) < 4.78 is 2.03. The van der Waals surface area contributed by atoms with E-state index in [1.165, 1.54) is 0 Å². The Bertz CT molecular complexity index is 485. The summed E-state index contributed by atoms with van der Waals surface area (Å²) in [6.07, 6.45) is 1.80. The summed E-state index contributed by atoms with van der Waals surface area (Å²) in [6.45, 7) is 4.51. The smallest absolute Gasteiger partial charge is 0.159 e. The van der Waals surface area contributed by atoms with Crippen LogP contribution in [0.4, 0.5) is 0 Å². The lowest BCUT2D eigenvalue weighted by atomic mass is 10.1. The standard InChI is InChI=1S/C11H12N2O/c1-3-13-7-12-10-5-4-9(8(2)14)6-11(10)13/h4-7H,3H2,1-2H3. The van der Waals surface area contributed by atoms with Gasteiger partial charge in [-0.15, -0.1) is 0 Å². The third-order valence-corrected chi connectivity index (χ3v) is 2.37. The summed E-state index contributed by atoms with van der Waals surface area (Å²) in [7, 11) is 0. The molecule has 0 atom stereocenters. The molecule has 1 aromatic carbocycles. The van der Waals surface area contributed by atoms with Crippen LogP contribution >= 0.6 is 0 Å². The molecule has 0 radical (unpaired) electrons. The van der Waals surface area contributed by atoms with Crippen molar-refractivity contribution >= 4 is 16.8 Å². The lowest BCUT2D eigenvalue weighted by Crippen LogP contribution is -1.94. The minimum Gasteiger partial charge on any atom is -0.331 e. The maximum absolute atomic E-state index is 11.2. The van der Waals surface area contributed by atoms with E-state index >= 15 is 0 Å². The molecule has 0 amide bonds. The van der Waals surface area contributed by atoms with Crippen LogP contribution in [0.1, 0.15) is 24.2 Å². The second kappa shape index (κ2) is 3.25. The molecule has 1 heterocycles. The summed E-state index contributed by atoms with van der Waals surface area (Å²) in [4.78, 5) is 15.4. The van der Waals surface area contributed by atoms with Crippen LogP contribution in [0.3, 0.4) is 0 Å². The first-order valence-corrected chi connectivity index (χ1v) is 4.68. The van der Waals surface area contributed by atoms with E-state index < -0.39 is 0 Å². The zero-order valence-electron chi connectivity index (χ0n) is 8.32. The number of fused-ring (bicyclic) bond motifs is 1. The molecule has 0 unspecified atom stereocenters. The van der Waals surface area contributed by atoms with Gasteiger partial charge in [-0.05, 0) is 32.0 Å². The minimum atomic E-state index is 0.0933. The van der Waals surface area contributed by atoms with E-state index in [0.717, 1.165) is 23.1 Å². The SMILES string of the molecule is CCn1cnc2ccc(C(C)=O)cc21. The van der Waals surface area contributed by atoms with Crippen molar-refractivity contribution in [1.82, 2.24) is 9.55 Å². The number of benzene rings is 1. The Morgan fingerprint density at radius 2 is 2.29 bits per heavy atom. The van der Waals surface area contributed by atoms with Crippen LogP contribution in [0.15, 0.2) is 24.5 Å². The average Bonchev–Trinajstić information content (AvgIpc) is 2.59. The molecule has 0 fully saturated rings. The van der Waals surface area contributed by atoms with Gasteiger partial charge in [-0.1, -0.05) is 0 Å². The van der Waals surface area contributed by atoms with Crippen molar-refractivity contribution in [2.75, 3.05) is 0 Å². The molecule has 3 heteroatoms. The van der Waals surface area contributed by atoms with Gasteiger partial charge in [0.05, 0.1) is 17.4 Å². The second-order valence-electron chi connectivity index (χ2n) is 3.29. The molecule has 0 aliphatic rings. The number of ketones is 1. The molecule has 0 bridgehead atoms. The van der Waals surface area contributed by atoms with E-state index in [2.05, 4.69) is 11.9 Å². The Balaban J connectivity index is 2.67. The number of Topliss-reactive ketones (excluding diaryl/α,β-unsaturated/α-hetero) is 1. The first-order valence-electron chi connectivity index (χ1n) is 4.68. The predicted octanol–water partition coefficient (Wildman–Crippen LogP) is 2.26. The molecular formula is C11H12N2O. The summed E-state index contributed by atoms with van der Waals surface area (Å²) in [6, 6.07) is 5.60. The highest BCUT2D eigenvalue weighted by Gasteiger charge is 2.04. The summed E-state index contributed by atoms with van der Waals surface area (Å²) in [5, 5.41) is 0. The second-order valence-corrected chi connectivity index (χ2v) is 3.29. The minimum absolute atomic E-state index is 0.0933. The fourth-order valence-electron chi connectivity index (χ4n) is 1.53. The van der Waals surface area contributed by atoms with Crippen LogP contribution in [-0.4, -0.2) is 15.3 Å². The topological polar surface area (TPSA) is 34.9 Å². The number of aryl methyl sites for hydroxylation is 1. The van der Waals surface area contributed by atoms with Crippen molar-refractivity contribution in [3.05, 3.63) is 30.1 Å². The highest BCUT2D eigenvalue weighted by Crippen LogP contribution is 2.15. The molecule has 1 aromatic heterocycles. The maximum atomic E-state index is 11.2. The fourth-order valence-corrected chi connectivity index (χ4v) is 1.53. The number of hydrogen-bond donors (Lipinski definition) is 0. The first kappa shape index (κ1) is 8.94. The summed E-state index contributed by atoms with van der Waals surface area (Å²) in [5.74, 6) is 0.0933. The highest BCUT2D eigenvalue weighted by molar-refractivity contribution is 5.97. The Labute approximate surface area is 82.4 Å². The molecule has 0 spiro atoms. The molecule has 0 N–H and O–H groups in total. The number of carbonyl (C=O) groups excluding carboxylic acids is 1. The van der Waals surface area contributed by atoms with Gasteiger partial charge >= 0.3 is 0 Å². The van der Waals surface area contributed by atoms with Gasteiger partial charge < -0.3 is 4.57 Å². The first-order chi connectivity index (χ1) is 6.72. The average molecular weight is 188 g/mol. The van der Waals surface area contributed by atoms with Gasteiger partial charge in [-0.25, -0.2) is 4.98 Å². The Morgan fingerprint density at radius 1 is 1.50 bits per heavy atom. The predicted molar refractivity (Wildman–Crippen MR) is 55.4 cm³/mol. The number of nitrogens with zero attached hydrogens (tertiary/aromatic N) is 2. The number of carbonyl (C=O) groups is 1. The van der Waals surface area contributed by atoms with Crippen LogP contribution in [0.25, 0.3) is 11.0 Å². The third-order valence-electron chi connectivity index (χ3n) is 2.37. The zero-order chi connectivity index (χ0) is 10.1. The summed E-state index contributed by atoms with van der Waals surface area (Å²) >= 11 is 0. The van der Waals surface area contributed by atoms with E-state index in [1.807, 2.05) is 22.8 Å². The number of imidazole rings is 1. The lowest BCUT2D eigenvalue weighted by Gasteiger charge is -2.00. The van der Waals surface area contributed by atoms with E-state index in [0.29, 0.717) is 0 Å². The fraction of sp³-hybridized carbons (Fsp3) is 0.273. The molecule has 0 aliphatic heterocycles. The van der Waals surface area contributed by atoms with Crippen LogP contribution in [0, 0.1) is 0 Å². The van der Waals surface area contributed by atoms with Gasteiger partial charge in [-0.3, -0.25) is 4.79 Å². The monoisotopic (exact) mass is 188 g/mol. The quantitative estimate of drug-likeness (QED) is 0.677. The van der Waals surface area contributed by atoms with Crippen molar-refractivity contribution in [1.29, 1.82) is 0 Å². The summed E-state index contributed by atoms with van der Waals surface area (Å²) in [5.41, 5.74) is 2.71. The molecule has 14 heavy (non-hydrogen) atoms. The Hall–Kier alpha value is -1.64. The van der Waals surface area contributed by atoms with Gasteiger partial charge in [0, 0.05) is 12.1 Å². The van der Waals surface area contributed by atoms with Crippen molar-refractivity contribution in [3.63, 3.8) is 0 Å². The van der Waals surface area contributed by atoms with E-state index in [1.54, 1.807) is 13.3 Å². The lowest BCUT2D eigenvalue weighted by molar-refractivity contribution is 0.101. The van der Waals surface area contributed by atoms with Gasteiger partial charge in [0.1, 0.15) is 0 Å². The van der Waals surface area contributed by atoms with Crippen molar-refractivity contribution in [2.45, 2.75) is 20.4 Å². The van der Waals surface area contributed by atoms with E-state index in [-0.39, 0.29) is 5.78 Å². The van der Waals surface area contributed by atoms with Gasteiger partial charge in [0.15, 0.2) is 5.78 Å². The van der Waals surface area contributed by atoms with Gasteiger partial charge in [0.25, 0.3) is 0 Å². The molecule has 0 saturated carbocycles. The maximum Gasteiger partial charge on any atom is 0.159 e. The molecule has 2 aromatic rings. The number of hydrogen-bond acceptors (Lipinski definition) is 2. The molecule has 72 valence electrons.